The summed E-state index contributed by atoms with van der Waals surface area (Å²) in [6.07, 6.45) is 0. The van der Waals surface area contributed by atoms with E-state index in [1.54, 1.807) is 6.07 Å². The fourth-order valence-corrected chi connectivity index (χ4v) is 1.99. The van der Waals surface area contributed by atoms with Gasteiger partial charge in [-0.05, 0) is 18.7 Å². The molecule has 1 atom stereocenters. The zero-order chi connectivity index (χ0) is 11.1. The zero-order valence-electron chi connectivity index (χ0n) is 9.29. The molecule has 0 aliphatic rings. The van der Waals surface area contributed by atoms with E-state index in [1.165, 1.54) is 6.07 Å². The van der Waals surface area contributed by atoms with Crippen molar-refractivity contribution in [1.82, 2.24) is 5.32 Å². The van der Waals surface area contributed by atoms with Gasteiger partial charge >= 0.3 is 0 Å². The summed E-state index contributed by atoms with van der Waals surface area (Å²) in [6, 6.07) is 7.33. The fourth-order valence-electron chi connectivity index (χ4n) is 1.28. The number of benzene rings is 1. The predicted molar refractivity (Wildman–Crippen MR) is 65.7 cm³/mol. The summed E-state index contributed by atoms with van der Waals surface area (Å²) in [5, 5.41) is 3.31. The second kappa shape index (κ2) is 6.85. The average Bonchev–Trinajstić information content (AvgIpc) is 2.25. The molecule has 0 bridgehead atoms. The lowest BCUT2D eigenvalue weighted by molar-refractivity contribution is 0.557. The molecule has 0 amide bonds. The van der Waals surface area contributed by atoms with Crippen LogP contribution in [0.25, 0.3) is 0 Å². The van der Waals surface area contributed by atoms with Gasteiger partial charge in [-0.1, -0.05) is 25.1 Å². The number of rotatable bonds is 6. The fraction of sp³-hybridized carbons (Fsp3) is 0.500. The van der Waals surface area contributed by atoms with E-state index in [2.05, 4.69) is 19.2 Å². The quantitative estimate of drug-likeness (QED) is 0.801. The van der Waals surface area contributed by atoms with Crippen molar-refractivity contribution in [3.05, 3.63) is 35.6 Å². The van der Waals surface area contributed by atoms with Crippen LogP contribution in [0.5, 0.6) is 0 Å². The van der Waals surface area contributed by atoms with E-state index in [0.29, 0.717) is 12.6 Å². The van der Waals surface area contributed by atoms with Crippen LogP contribution in [0.2, 0.25) is 0 Å². The van der Waals surface area contributed by atoms with Gasteiger partial charge in [0, 0.05) is 23.9 Å². The largest absolute Gasteiger partial charge is 0.309 e. The van der Waals surface area contributed by atoms with E-state index in [-0.39, 0.29) is 5.82 Å². The molecular weight excluding hydrogens is 209 g/mol. The summed E-state index contributed by atoms with van der Waals surface area (Å²) in [5.41, 5.74) is 0.742. The summed E-state index contributed by atoms with van der Waals surface area (Å²) >= 11 is 1.90. The maximum absolute atomic E-state index is 13.2. The van der Waals surface area contributed by atoms with Gasteiger partial charge in [-0.2, -0.15) is 11.8 Å². The average molecular weight is 227 g/mol. The second-order valence-corrected chi connectivity index (χ2v) is 4.85. The first kappa shape index (κ1) is 12.5. The predicted octanol–water partition coefficient (Wildman–Crippen LogP) is 3.06. The molecular formula is C12H18FNS. The molecule has 0 fully saturated rings. The van der Waals surface area contributed by atoms with Crippen LogP contribution in [0.1, 0.15) is 19.4 Å². The Morgan fingerprint density at radius 3 is 2.80 bits per heavy atom. The molecule has 0 heterocycles. The van der Waals surface area contributed by atoms with Crippen molar-refractivity contribution in [3.63, 3.8) is 0 Å². The highest BCUT2D eigenvalue weighted by atomic mass is 32.2. The van der Waals surface area contributed by atoms with Crippen molar-refractivity contribution in [2.75, 3.05) is 11.5 Å². The monoisotopic (exact) mass is 227 g/mol. The Balaban J connectivity index is 2.33. The molecule has 0 saturated carbocycles. The van der Waals surface area contributed by atoms with Crippen molar-refractivity contribution in [2.24, 2.45) is 0 Å². The van der Waals surface area contributed by atoms with Crippen molar-refractivity contribution in [3.8, 4) is 0 Å². The lowest BCUT2D eigenvalue weighted by Gasteiger charge is -2.13. The van der Waals surface area contributed by atoms with Gasteiger partial charge in [0.25, 0.3) is 0 Å². The number of hydrogen-bond acceptors (Lipinski definition) is 2. The van der Waals surface area contributed by atoms with Gasteiger partial charge in [0.1, 0.15) is 5.82 Å². The highest BCUT2D eigenvalue weighted by Crippen LogP contribution is 2.07. The minimum absolute atomic E-state index is 0.125. The van der Waals surface area contributed by atoms with Crippen LogP contribution in [0.3, 0.4) is 0 Å². The van der Waals surface area contributed by atoms with E-state index in [0.717, 1.165) is 17.1 Å². The molecule has 0 aliphatic heterocycles. The second-order valence-electron chi connectivity index (χ2n) is 3.53. The molecule has 84 valence electrons. The Morgan fingerprint density at radius 1 is 1.40 bits per heavy atom. The summed E-state index contributed by atoms with van der Waals surface area (Å²) in [5.74, 6) is 2.08. The summed E-state index contributed by atoms with van der Waals surface area (Å²) in [4.78, 5) is 0. The van der Waals surface area contributed by atoms with E-state index in [1.807, 2.05) is 23.9 Å². The Bertz CT molecular complexity index is 291. The molecule has 0 radical (unpaired) electrons. The third-order valence-electron chi connectivity index (χ3n) is 2.17. The normalized spacial score (nSPS) is 12.7. The van der Waals surface area contributed by atoms with Gasteiger partial charge in [0.05, 0.1) is 0 Å². The molecule has 1 aromatic rings. The van der Waals surface area contributed by atoms with Gasteiger partial charge in [-0.3, -0.25) is 0 Å². The Labute approximate surface area is 95.5 Å². The Kier molecular flexibility index (Phi) is 5.73. The Hall–Kier alpha value is -0.540. The van der Waals surface area contributed by atoms with E-state index < -0.39 is 0 Å². The molecule has 1 N–H and O–H groups in total. The van der Waals surface area contributed by atoms with E-state index in [9.17, 15) is 4.39 Å². The van der Waals surface area contributed by atoms with Crippen LogP contribution in [-0.2, 0) is 6.54 Å². The third kappa shape index (κ3) is 4.67. The number of hydrogen-bond donors (Lipinski definition) is 1. The first-order valence-corrected chi connectivity index (χ1v) is 6.44. The molecule has 0 aromatic heterocycles. The highest BCUT2D eigenvalue weighted by Gasteiger charge is 2.03. The maximum Gasteiger partial charge on any atom is 0.127 e. The summed E-state index contributed by atoms with van der Waals surface area (Å²) < 4.78 is 13.2. The molecule has 1 rings (SSSR count). The van der Waals surface area contributed by atoms with Crippen LogP contribution in [0, 0.1) is 5.82 Å². The molecule has 1 nitrogen and oxygen atoms in total. The molecule has 1 unspecified atom stereocenters. The molecule has 3 heteroatoms. The van der Waals surface area contributed by atoms with Crippen LogP contribution in [-0.4, -0.2) is 17.5 Å². The van der Waals surface area contributed by atoms with Gasteiger partial charge in [0.2, 0.25) is 0 Å². The van der Waals surface area contributed by atoms with E-state index >= 15 is 0 Å². The minimum atomic E-state index is -0.125. The molecule has 0 saturated heterocycles. The van der Waals surface area contributed by atoms with Gasteiger partial charge in [0.15, 0.2) is 0 Å². The first-order valence-electron chi connectivity index (χ1n) is 5.28. The standard InChI is InChI=1S/C12H18FNS/c1-3-15-9-10(2)14-8-11-6-4-5-7-12(11)13/h4-7,10,14H,3,8-9H2,1-2H3. The SMILES string of the molecule is CCSCC(C)NCc1ccccc1F. The maximum atomic E-state index is 13.2. The van der Waals surface area contributed by atoms with Crippen molar-refractivity contribution < 1.29 is 4.39 Å². The molecule has 0 aliphatic carbocycles. The summed E-state index contributed by atoms with van der Waals surface area (Å²) in [6.45, 7) is 4.88. The first-order chi connectivity index (χ1) is 7.24. The Morgan fingerprint density at radius 2 is 2.13 bits per heavy atom. The number of nitrogens with one attached hydrogen (secondary N) is 1. The topological polar surface area (TPSA) is 12.0 Å². The van der Waals surface area contributed by atoms with Gasteiger partial charge < -0.3 is 5.32 Å². The third-order valence-corrected chi connectivity index (χ3v) is 3.31. The van der Waals surface area contributed by atoms with E-state index in [4.69, 9.17) is 0 Å². The van der Waals surface area contributed by atoms with Gasteiger partial charge in [-0.15, -0.1) is 0 Å². The van der Waals surface area contributed by atoms with Gasteiger partial charge in [-0.25, -0.2) is 4.39 Å². The smallest absolute Gasteiger partial charge is 0.127 e. The number of thioether (sulfide) groups is 1. The molecule has 1 aromatic carbocycles. The lowest BCUT2D eigenvalue weighted by Crippen LogP contribution is -2.28. The summed E-state index contributed by atoms with van der Waals surface area (Å²) in [7, 11) is 0. The minimum Gasteiger partial charge on any atom is -0.309 e. The number of halogens is 1. The van der Waals surface area contributed by atoms with Crippen LogP contribution >= 0.6 is 11.8 Å². The molecule has 15 heavy (non-hydrogen) atoms. The van der Waals surface area contributed by atoms with Crippen molar-refractivity contribution >= 4 is 11.8 Å². The van der Waals surface area contributed by atoms with Crippen LogP contribution in [0.15, 0.2) is 24.3 Å². The molecule has 0 spiro atoms. The van der Waals surface area contributed by atoms with Crippen LogP contribution < -0.4 is 5.32 Å². The van der Waals surface area contributed by atoms with Crippen molar-refractivity contribution in [2.45, 2.75) is 26.4 Å². The van der Waals surface area contributed by atoms with Crippen molar-refractivity contribution in [1.29, 1.82) is 0 Å². The lowest BCUT2D eigenvalue weighted by atomic mass is 10.2. The zero-order valence-corrected chi connectivity index (χ0v) is 10.1. The van der Waals surface area contributed by atoms with Crippen LogP contribution in [0.4, 0.5) is 4.39 Å². The highest BCUT2D eigenvalue weighted by molar-refractivity contribution is 7.99.